The van der Waals surface area contributed by atoms with Crippen molar-refractivity contribution in [2.24, 2.45) is 0 Å². The molecule has 0 spiro atoms. The van der Waals surface area contributed by atoms with Crippen LogP contribution in [0.15, 0.2) is 35.9 Å². The maximum absolute atomic E-state index is 14.2. The number of benzene rings is 1. The zero-order chi connectivity index (χ0) is 20.3. The molecule has 0 radical (unpaired) electrons. The number of nitriles is 1. The largest absolute Gasteiger partial charge is 0.442 e. The van der Waals surface area contributed by atoms with Crippen LogP contribution in [0.2, 0.25) is 0 Å². The molecule has 2 aliphatic rings. The van der Waals surface area contributed by atoms with E-state index in [9.17, 15) is 18.4 Å². The van der Waals surface area contributed by atoms with Crippen molar-refractivity contribution in [1.29, 1.82) is 5.26 Å². The lowest BCUT2D eigenvalue weighted by molar-refractivity contribution is -0.119. The number of hydrogen-bond acceptors (Lipinski definition) is 5. The van der Waals surface area contributed by atoms with Crippen molar-refractivity contribution in [1.82, 2.24) is 5.32 Å². The fraction of sp³-hybridized carbons (Fsp3) is 0.421. The Hall–Kier alpha value is -3.15. The Labute approximate surface area is 161 Å². The monoisotopic (exact) mass is 390 g/mol. The zero-order valence-electron chi connectivity index (χ0n) is 15.3. The van der Waals surface area contributed by atoms with Gasteiger partial charge >= 0.3 is 6.09 Å². The van der Waals surface area contributed by atoms with Gasteiger partial charge in [0.25, 0.3) is 5.92 Å². The lowest BCUT2D eigenvalue weighted by Gasteiger charge is -2.35. The number of alkyl halides is 2. The van der Waals surface area contributed by atoms with E-state index in [-0.39, 0.29) is 24.4 Å². The van der Waals surface area contributed by atoms with E-state index < -0.39 is 24.7 Å². The molecule has 1 aromatic carbocycles. The molecule has 9 heteroatoms. The molecule has 2 saturated heterocycles. The molecule has 2 fully saturated rings. The fourth-order valence-electron chi connectivity index (χ4n) is 3.27. The van der Waals surface area contributed by atoms with Gasteiger partial charge in [0, 0.05) is 36.5 Å². The number of nitrogens with one attached hydrogen (secondary N) is 1. The maximum atomic E-state index is 14.2. The zero-order valence-corrected chi connectivity index (χ0v) is 15.3. The van der Waals surface area contributed by atoms with E-state index in [0.717, 1.165) is 6.08 Å². The van der Waals surface area contributed by atoms with Crippen molar-refractivity contribution in [3.8, 4) is 6.07 Å². The minimum absolute atomic E-state index is 0.117. The van der Waals surface area contributed by atoms with Gasteiger partial charge in [0.15, 0.2) is 0 Å². The summed E-state index contributed by atoms with van der Waals surface area (Å²) in [7, 11) is 0. The minimum Gasteiger partial charge on any atom is -0.442 e. The molecule has 3 rings (SSSR count). The van der Waals surface area contributed by atoms with Crippen molar-refractivity contribution >= 4 is 23.4 Å². The quantitative estimate of drug-likeness (QED) is 0.798. The fourth-order valence-corrected chi connectivity index (χ4v) is 3.27. The molecule has 2 aliphatic heterocycles. The third-order valence-electron chi connectivity index (χ3n) is 4.73. The number of carbonyl (C=O) groups excluding carboxylic acids is 2. The third-order valence-corrected chi connectivity index (χ3v) is 4.73. The lowest BCUT2D eigenvalue weighted by Crippen LogP contribution is -2.44. The molecule has 0 saturated carbocycles. The van der Waals surface area contributed by atoms with Crippen LogP contribution >= 0.6 is 0 Å². The van der Waals surface area contributed by atoms with Gasteiger partial charge in [-0.15, -0.1) is 0 Å². The summed E-state index contributed by atoms with van der Waals surface area (Å²) >= 11 is 0. The van der Waals surface area contributed by atoms with Crippen LogP contribution in [-0.2, 0) is 9.53 Å². The first kappa shape index (κ1) is 19.6. The summed E-state index contributed by atoms with van der Waals surface area (Å²) in [4.78, 5) is 26.0. The molecule has 7 nitrogen and oxygen atoms in total. The number of halogens is 2. The first-order valence-electron chi connectivity index (χ1n) is 8.85. The minimum atomic E-state index is -3.05. The normalized spacial score (nSPS) is 22.7. The van der Waals surface area contributed by atoms with E-state index in [0.29, 0.717) is 24.5 Å². The van der Waals surface area contributed by atoms with E-state index >= 15 is 0 Å². The van der Waals surface area contributed by atoms with Gasteiger partial charge in [0.05, 0.1) is 25.7 Å². The Morgan fingerprint density at radius 2 is 2.07 bits per heavy atom. The Kier molecular flexibility index (Phi) is 5.49. The molecule has 2 amide bonds. The molecular weight excluding hydrogens is 370 g/mol. The number of ether oxygens (including phenoxy) is 1. The van der Waals surface area contributed by atoms with Gasteiger partial charge in [-0.05, 0) is 30.7 Å². The van der Waals surface area contributed by atoms with Crippen molar-refractivity contribution in [3.63, 3.8) is 0 Å². The summed E-state index contributed by atoms with van der Waals surface area (Å²) in [5, 5.41) is 11.2. The predicted molar refractivity (Wildman–Crippen MR) is 98.2 cm³/mol. The van der Waals surface area contributed by atoms with Gasteiger partial charge in [-0.2, -0.15) is 14.0 Å². The van der Waals surface area contributed by atoms with Crippen LogP contribution in [0.4, 0.5) is 25.0 Å². The van der Waals surface area contributed by atoms with E-state index in [1.165, 1.54) is 11.8 Å². The Morgan fingerprint density at radius 1 is 1.39 bits per heavy atom. The van der Waals surface area contributed by atoms with Crippen molar-refractivity contribution in [2.45, 2.75) is 25.4 Å². The Bertz CT molecular complexity index is 833. The topological polar surface area (TPSA) is 85.7 Å². The number of cyclic esters (lactones) is 1. The van der Waals surface area contributed by atoms with Gasteiger partial charge < -0.3 is 15.0 Å². The number of nitrogens with zero attached hydrogens (tertiary/aromatic N) is 3. The highest BCUT2D eigenvalue weighted by molar-refractivity contribution is 5.90. The molecule has 148 valence electrons. The van der Waals surface area contributed by atoms with Crippen molar-refractivity contribution in [2.75, 3.05) is 36.0 Å². The first-order chi connectivity index (χ1) is 13.3. The van der Waals surface area contributed by atoms with Crippen LogP contribution in [0.3, 0.4) is 0 Å². The number of rotatable bonds is 4. The molecule has 0 bridgehead atoms. The SMILES string of the molecule is CC(=O)NCC1CN(c2ccc(N3CCC(=CC#N)C(F)(F)C3)cc2)C(=O)O1. The first-order valence-corrected chi connectivity index (χ1v) is 8.85. The summed E-state index contributed by atoms with van der Waals surface area (Å²) < 4.78 is 33.6. The van der Waals surface area contributed by atoms with Gasteiger partial charge in [0.1, 0.15) is 6.10 Å². The molecule has 1 aromatic rings. The average Bonchev–Trinajstić information content (AvgIpc) is 3.02. The third kappa shape index (κ3) is 4.22. The summed E-state index contributed by atoms with van der Waals surface area (Å²) in [6.45, 7) is 1.80. The van der Waals surface area contributed by atoms with Gasteiger partial charge in [-0.25, -0.2) is 4.79 Å². The van der Waals surface area contributed by atoms with E-state index in [2.05, 4.69) is 5.32 Å². The van der Waals surface area contributed by atoms with Crippen LogP contribution in [0.5, 0.6) is 0 Å². The average molecular weight is 390 g/mol. The van der Waals surface area contributed by atoms with E-state index in [1.807, 2.05) is 0 Å². The Morgan fingerprint density at radius 3 is 2.68 bits per heavy atom. The summed E-state index contributed by atoms with van der Waals surface area (Å²) in [6.07, 6.45) is 0.0867. The molecular formula is C19H20F2N4O3. The van der Waals surface area contributed by atoms with Crippen molar-refractivity contribution < 1.29 is 23.1 Å². The molecule has 1 unspecified atom stereocenters. The van der Waals surface area contributed by atoms with Gasteiger partial charge in [-0.1, -0.05) is 0 Å². The number of hydrogen-bond donors (Lipinski definition) is 1. The van der Waals surface area contributed by atoms with Crippen molar-refractivity contribution in [3.05, 3.63) is 35.9 Å². The number of allylic oxidation sites excluding steroid dienone is 1. The molecule has 1 atom stereocenters. The number of amides is 2. The lowest BCUT2D eigenvalue weighted by atomic mass is 9.99. The molecule has 2 heterocycles. The second-order valence-electron chi connectivity index (χ2n) is 6.74. The van der Waals surface area contributed by atoms with Gasteiger partial charge in [-0.3, -0.25) is 9.69 Å². The highest BCUT2D eigenvalue weighted by atomic mass is 19.3. The molecule has 0 aliphatic carbocycles. The number of carbonyl (C=O) groups is 2. The van der Waals surface area contributed by atoms with Crippen LogP contribution < -0.4 is 15.1 Å². The molecule has 0 aromatic heterocycles. The van der Waals surface area contributed by atoms with Crippen LogP contribution in [0.1, 0.15) is 13.3 Å². The van der Waals surface area contributed by atoms with Gasteiger partial charge in [0.2, 0.25) is 5.91 Å². The number of piperidine rings is 1. The summed E-state index contributed by atoms with van der Waals surface area (Å²) in [6, 6.07) is 8.39. The van der Waals surface area contributed by atoms with Crippen LogP contribution in [0, 0.1) is 11.3 Å². The smallest absolute Gasteiger partial charge is 0.414 e. The molecule has 1 N–H and O–H groups in total. The van der Waals surface area contributed by atoms with E-state index in [4.69, 9.17) is 10.00 Å². The maximum Gasteiger partial charge on any atom is 0.414 e. The molecule has 28 heavy (non-hydrogen) atoms. The van der Waals surface area contributed by atoms with E-state index in [1.54, 1.807) is 35.2 Å². The van der Waals surface area contributed by atoms with Crippen LogP contribution in [-0.4, -0.2) is 50.2 Å². The highest BCUT2D eigenvalue weighted by Crippen LogP contribution is 2.35. The Balaban J connectivity index is 1.66. The second kappa shape index (κ2) is 7.84. The predicted octanol–water partition coefficient (Wildman–Crippen LogP) is 2.44. The highest BCUT2D eigenvalue weighted by Gasteiger charge is 2.40. The summed E-state index contributed by atoms with van der Waals surface area (Å²) in [5.74, 6) is -3.26. The standard InChI is InChI=1S/C19H20F2N4O3/c1-13(26)23-10-17-11-25(18(27)28-17)16-4-2-15(3-5-16)24-9-7-14(6-8-22)19(20,21)12-24/h2-6,17H,7,9-12H2,1H3,(H,23,26). The van der Waals surface area contributed by atoms with Crippen LogP contribution in [0.25, 0.3) is 0 Å². The number of anilines is 2. The summed E-state index contributed by atoms with van der Waals surface area (Å²) in [5.41, 5.74) is 1.06. The second-order valence-corrected chi connectivity index (χ2v) is 6.74.